The van der Waals surface area contributed by atoms with Gasteiger partial charge in [-0.3, -0.25) is 24.6 Å². The Morgan fingerprint density at radius 1 is 1.17 bits per heavy atom. The highest BCUT2D eigenvalue weighted by Crippen LogP contribution is 2.63. The van der Waals surface area contributed by atoms with E-state index in [1.54, 1.807) is 44.2 Å². The van der Waals surface area contributed by atoms with Gasteiger partial charge in [0.05, 0.1) is 28.0 Å². The van der Waals surface area contributed by atoms with Crippen LogP contribution in [0.2, 0.25) is 10.0 Å². The van der Waals surface area contributed by atoms with Gasteiger partial charge < -0.3 is 15.0 Å². The van der Waals surface area contributed by atoms with Crippen molar-refractivity contribution in [1.82, 2.24) is 4.90 Å². The molecular formula is C34H33Cl2FN4O6. The van der Waals surface area contributed by atoms with Crippen molar-refractivity contribution < 1.29 is 28.4 Å². The van der Waals surface area contributed by atoms with Crippen molar-refractivity contribution in [2.75, 3.05) is 29.9 Å². The molecule has 1 saturated carbocycles. The van der Waals surface area contributed by atoms with Gasteiger partial charge in [-0.1, -0.05) is 48.8 Å². The van der Waals surface area contributed by atoms with Crippen LogP contribution in [-0.2, 0) is 19.9 Å². The zero-order valence-corrected chi connectivity index (χ0v) is 26.4. The number of benzene rings is 3. The third-order valence-corrected chi connectivity index (χ3v) is 10.3. The summed E-state index contributed by atoms with van der Waals surface area (Å²) in [7, 11) is 0. The Labute approximate surface area is 280 Å². The monoisotopic (exact) mass is 682 g/mol. The number of ether oxygens (including phenoxy) is 1. The first-order valence-corrected chi connectivity index (χ1v) is 15.8. The molecule has 0 unspecified atom stereocenters. The Hall–Kier alpha value is -4.06. The highest BCUT2D eigenvalue weighted by atomic mass is 35.5. The minimum absolute atomic E-state index is 0. The molecule has 13 heteroatoms. The number of nitrogens with zero attached hydrogens (tertiary/aromatic N) is 3. The van der Waals surface area contributed by atoms with Gasteiger partial charge in [-0.05, 0) is 68.0 Å². The SMILES string of the molecule is C.CCOC(=O)c1cc([N+](=O)[O-])c(N2C[C@H]3[C@@H](C2=O)[C@H](c2cccc(Cl)c2F)[C@]2(C(=O)Nc4cc(Cl)ccc42)N3CC2CC2)cc1C. The molecule has 47 heavy (non-hydrogen) atoms. The number of hydrogen-bond acceptors (Lipinski definition) is 7. The highest BCUT2D eigenvalue weighted by Gasteiger charge is 2.71. The second-order valence-electron chi connectivity index (χ2n) is 12.3. The summed E-state index contributed by atoms with van der Waals surface area (Å²) in [5, 5.41) is 15.6. The summed E-state index contributed by atoms with van der Waals surface area (Å²) in [6.45, 7) is 3.80. The van der Waals surface area contributed by atoms with Crippen LogP contribution < -0.4 is 10.2 Å². The van der Waals surface area contributed by atoms with Gasteiger partial charge in [-0.25, -0.2) is 9.18 Å². The number of likely N-dealkylation sites (tertiary alicyclic amines) is 1. The molecule has 1 spiro atoms. The van der Waals surface area contributed by atoms with Gasteiger partial charge in [0, 0.05) is 47.4 Å². The lowest BCUT2D eigenvalue weighted by molar-refractivity contribution is -0.384. The Morgan fingerprint density at radius 3 is 2.60 bits per heavy atom. The molecule has 246 valence electrons. The topological polar surface area (TPSA) is 122 Å². The lowest BCUT2D eigenvalue weighted by atomic mass is 9.71. The summed E-state index contributed by atoms with van der Waals surface area (Å²) in [6, 6.07) is 11.6. The first-order chi connectivity index (χ1) is 22.0. The van der Waals surface area contributed by atoms with E-state index in [4.69, 9.17) is 27.9 Å². The van der Waals surface area contributed by atoms with E-state index in [2.05, 4.69) is 5.32 Å². The van der Waals surface area contributed by atoms with E-state index in [0.717, 1.165) is 18.9 Å². The number of amides is 2. The average molecular weight is 684 g/mol. The summed E-state index contributed by atoms with van der Waals surface area (Å²) in [6.07, 6.45) is 1.87. The quantitative estimate of drug-likeness (QED) is 0.164. The number of rotatable bonds is 7. The van der Waals surface area contributed by atoms with Crippen LogP contribution in [0.3, 0.4) is 0 Å². The van der Waals surface area contributed by atoms with Gasteiger partial charge in [-0.2, -0.15) is 0 Å². The number of fused-ring (bicyclic) bond motifs is 3. The Balaban J connectivity index is 0.00000386. The van der Waals surface area contributed by atoms with E-state index >= 15 is 4.39 Å². The van der Waals surface area contributed by atoms with E-state index in [0.29, 0.717) is 28.4 Å². The number of hydrogen-bond donors (Lipinski definition) is 1. The number of anilines is 2. The molecule has 3 aliphatic heterocycles. The molecule has 2 saturated heterocycles. The zero-order chi connectivity index (χ0) is 32.7. The average Bonchev–Trinajstić information content (AvgIpc) is 3.63. The van der Waals surface area contributed by atoms with Crippen molar-refractivity contribution >= 4 is 58.0 Å². The first kappa shape index (κ1) is 32.9. The second-order valence-corrected chi connectivity index (χ2v) is 13.1. The van der Waals surface area contributed by atoms with Crippen LogP contribution in [0.1, 0.15) is 60.2 Å². The molecule has 3 heterocycles. The summed E-state index contributed by atoms with van der Waals surface area (Å²) < 4.78 is 21.2. The fraction of sp³-hybridized carbons (Fsp3) is 0.382. The predicted molar refractivity (Wildman–Crippen MR) is 175 cm³/mol. The van der Waals surface area contributed by atoms with E-state index in [-0.39, 0.29) is 48.3 Å². The fourth-order valence-electron chi connectivity index (χ4n) is 7.71. The molecule has 1 N–H and O–H groups in total. The number of aryl methyl sites for hydroxylation is 1. The molecule has 4 aliphatic rings. The standard InChI is InChI=1S/C33H29Cl2FN4O6.CH4/c1-3-46-31(42)20-13-25(40(44)45)24(11-16(20)2)38-15-26-27(30(38)41)28(19-5-4-6-22(35)29(19)36)33(39(26)14-17-7-8-17)21-10-9-18(34)12-23(21)37-32(33)43;/h4-6,9-13,17,26-28H,3,7-8,14-15H2,1-2H3,(H,37,43);1H4/t26-,27+,28-,33+;/m0./s1. The molecule has 7 rings (SSSR count). The van der Waals surface area contributed by atoms with Crippen LogP contribution in [0, 0.1) is 34.7 Å². The normalized spacial score (nSPS) is 24.6. The van der Waals surface area contributed by atoms with Crippen molar-refractivity contribution in [3.8, 4) is 0 Å². The lowest BCUT2D eigenvalue weighted by Gasteiger charge is -2.41. The lowest BCUT2D eigenvalue weighted by Crippen LogP contribution is -2.54. The van der Waals surface area contributed by atoms with Crippen molar-refractivity contribution in [1.29, 1.82) is 0 Å². The second kappa shape index (κ2) is 11.9. The molecule has 0 radical (unpaired) electrons. The molecule has 3 fully saturated rings. The fourth-order valence-corrected chi connectivity index (χ4v) is 8.06. The Bertz CT molecular complexity index is 1850. The van der Waals surface area contributed by atoms with Crippen molar-refractivity contribution in [3.05, 3.63) is 96.8 Å². The van der Waals surface area contributed by atoms with Crippen molar-refractivity contribution in [2.45, 2.75) is 51.6 Å². The van der Waals surface area contributed by atoms with Crippen LogP contribution in [0.25, 0.3) is 0 Å². The Kier molecular flexibility index (Phi) is 8.30. The van der Waals surface area contributed by atoms with E-state index in [9.17, 15) is 24.5 Å². The summed E-state index contributed by atoms with van der Waals surface area (Å²) in [5.74, 6) is -4.08. The number of carbonyl (C=O) groups excluding carboxylic acids is 3. The molecule has 3 aromatic carbocycles. The van der Waals surface area contributed by atoms with Crippen LogP contribution in [0.15, 0.2) is 48.5 Å². The third kappa shape index (κ3) is 4.89. The van der Waals surface area contributed by atoms with E-state index < -0.39 is 57.6 Å². The number of esters is 1. The third-order valence-electron chi connectivity index (χ3n) is 9.76. The number of carbonyl (C=O) groups is 3. The molecule has 1 aliphatic carbocycles. The summed E-state index contributed by atoms with van der Waals surface area (Å²) in [4.78, 5) is 56.7. The van der Waals surface area contributed by atoms with E-state index in [1.165, 1.54) is 17.0 Å². The van der Waals surface area contributed by atoms with Gasteiger partial charge in [0.15, 0.2) is 0 Å². The van der Waals surface area contributed by atoms with Gasteiger partial charge >= 0.3 is 5.97 Å². The van der Waals surface area contributed by atoms with Gasteiger partial charge in [-0.15, -0.1) is 0 Å². The minimum Gasteiger partial charge on any atom is -0.462 e. The van der Waals surface area contributed by atoms with Crippen LogP contribution in [-0.4, -0.2) is 53.3 Å². The number of nitro groups is 1. The Morgan fingerprint density at radius 2 is 1.91 bits per heavy atom. The maximum absolute atomic E-state index is 16.1. The molecule has 4 atom stereocenters. The molecule has 3 aromatic rings. The number of halogens is 3. The van der Waals surface area contributed by atoms with Gasteiger partial charge in [0.2, 0.25) is 11.8 Å². The number of nitrogens with one attached hydrogen (secondary N) is 1. The van der Waals surface area contributed by atoms with Gasteiger partial charge in [0.25, 0.3) is 5.69 Å². The first-order valence-electron chi connectivity index (χ1n) is 15.1. The molecule has 2 amide bonds. The van der Waals surface area contributed by atoms with Crippen molar-refractivity contribution in [2.24, 2.45) is 11.8 Å². The maximum atomic E-state index is 16.1. The minimum atomic E-state index is -1.47. The van der Waals surface area contributed by atoms with Crippen molar-refractivity contribution in [3.63, 3.8) is 0 Å². The van der Waals surface area contributed by atoms with Gasteiger partial charge in [0.1, 0.15) is 17.0 Å². The number of nitro benzene ring substituents is 1. The highest BCUT2D eigenvalue weighted by molar-refractivity contribution is 6.31. The smallest absolute Gasteiger partial charge is 0.338 e. The molecule has 10 nitrogen and oxygen atoms in total. The largest absolute Gasteiger partial charge is 0.462 e. The summed E-state index contributed by atoms with van der Waals surface area (Å²) in [5.41, 5.74) is -0.294. The van der Waals surface area contributed by atoms with Crippen LogP contribution >= 0.6 is 23.2 Å². The van der Waals surface area contributed by atoms with Crippen LogP contribution in [0.4, 0.5) is 21.5 Å². The van der Waals surface area contributed by atoms with E-state index in [1.807, 2.05) is 4.90 Å². The summed E-state index contributed by atoms with van der Waals surface area (Å²) >= 11 is 12.6. The molecular weight excluding hydrogens is 650 g/mol. The molecule has 0 aromatic heterocycles. The zero-order valence-electron chi connectivity index (χ0n) is 24.9. The predicted octanol–water partition coefficient (Wildman–Crippen LogP) is 6.85. The maximum Gasteiger partial charge on any atom is 0.338 e. The molecule has 0 bridgehead atoms. The van der Waals surface area contributed by atoms with Crippen LogP contribution in [0.5, 0.6) is 0 Å².